The van der Waals surface area contributed by atoms with Gasteiger partial charge in [-0.3, -0.25) is 4.99 Å². The van der Waals surface area contributed by atoms with Gasteiger partial charge in [-0.05, 0) is 11.5 Å². The summed E-state index contributed by atoms with van der Waals surface area (Å²) in [6.07, 6.45) is 4.53. The smallest absolute Gasteiger partial charge is 0.0704 e. The van der Waals surface area contributed by atoms with Crippen molar-refractivity contribution in [1.29, 1.82) is 0 Å². The lowest BCUT2D eigenvalue weighted by molar-refractivity contribution is 1.48. The van der Waals surface area contributed by atoms with Gasteiger partial charge in [0, 0.05) is 18.0 Å². The fourth-order valence-corrected chi connectivity index (χ4v) is 1.55. The Morgan fingerprint density at radius 3 is 2.73 bits per heavy atom. The standard InChI is InChI=1S/C14H13N/c1-2-3-11-15-14-10-6-8-12-7-4-5-9-13(12)14/h2,4-11H,1,3H2. The minimum atomic E-state index is 0.809. The van der Waals surface area contributed by atoms with Crippen LogP contribution in [0.4, 0.5) is 5.69 Å². The van der Waals surface area contributed by atoms with Crippen LogP contribution in [-0.4, -0.2) is 6.21 Å². The summed E-state index contributed by atoms with van der Waals surface area (Å²) in [6.45, 7) is 3.66. The number of rotatable bonds is 3. The average Bonchev–Trinajstić information content (AvgIpc) is 2.30. The first-order valence-corrected chi connectivity index (χ1v) is 5.03. The molecule has 0 bridgehead atoms. The fourth-order valence-electron chi connectivity index (χ4n) is 1.55. The molecule has 0 fully saturated rings. The van der Waals surface area contributed by atoms with Crippen LogP contribution in [0.25, 0.3) is 10.8 Å². The molecule has 0 radical (unpaired) electrons. The maximum Gasteiger partial charge on any atom is 0.0704 e. The molecule has 0 saturated carbocycles. The second kappa shape index (κ2) is 4.56. The van der Waals surface area contributed by atoms with Crippen LogP contribution >= 0.6 is 0 Å². The van der Waals surface area contributed by atoms with Crippen LogP contribution in [0.1, 0.15) is 6.42 Å². The molecular formula is C14H13N. The normalized spacial score (nSPS) is 10.9. The summed E-state index contributed by atoms with van der Waals surface area (Å²) in [6, 6.07) is 14.4. The number of fused-ring (bicyclic) bond motifs is 1. The van der Waals surface area contributed by atoms with Gasteiger partial charge < -0.3 is 0 Å². The van der Waals surface area contributed by atoms with Gasteiger partial charge in [0.1, 0.15) is 0 Å². The summed E-state index contributed by atoms with van der Waals surface area (Å²) in [4.78, 5) is 4.43. The molecule has 1 nitrogen and oxygen atoms in total. The molecule has 15 heavy (non-hydrogen) atoms. The van der Waals surface area contributed by atoms with Crippen molar-refractivity contribution in [2.45, 2.75) is 6.42 Å². The number of hydrogen-bond donors (Lipinski definition) is 0. The van der Waals surface area contributed by atoms with Gasteiger partial charge in [0.15, 0.2) is 0 Å². The molecule has 0 aromatic heterocycles. The minimum Gasteiger partial charge on any atom is -0.260 e. The molecule has 2 rings (SSSR count). The van der Waals surface area contributed by atoms with E-state index in [0.29, 0.717) is 0 Å². The average molecular weight is 195 g/mol. The summed E-state index contributed by atoms with van der Waals surface area (Å²) in [5, 5.41) is 2.42. The Morgan fingerprint density at radius 2 is 1.87 bits per heavy atom. The Balaban J connectivity index is 2.46. The highest BCUT2D eigenvalue weighted by Crippen LogP contribution is 2.25. The Labute approximate surface area is 89.8 Å². The summed E-state index contributed by atoms with van der Waals surface area (Å²) in [7, 11) is 0. The van der Waals surface area contributed by atoms with Crippen LogP contribution in [0.5, 0.6) is 0 Å². The van der Waals surface area contributed by atoms with E-state index in [1.165, 1.54) is 10.8 Å². The molecule has 2 aromatic carbocycles. The van der Waals surface area contributed by atoms with Crippen molar-refractivity contribution >= 4 is 22.7 Å². The predicted molar refractivity (Wildman–Crippen MR) is 66.9 cm³/mol. The highest BCUT2D eigenvalue weighted by molar-refractivity contribution is 5.93. The molecule has 0 saturated heterocycles. The van der Waals surface area contributed by atoms with Crippen LogP contribution in [0.15, 0.2) is 60.1 Å². The van der Waals surface area contributed by atoms with Gasteiger partial charge in [-0.1, -0.05) is 42.5 Å². The van der Waals surface area contributed by atoms with Gasteiger partial charge in [0.25, 0.3) is 0 Å². The van der Waals surface area contributed by atoms with E-state index in [0.717, 1.165) is 12.1 Å². The lowest BCUT2D eigenvalue weighted by atomic mass is 10.1. The molecule has 0 aliphatic carbocycles. The Bertz CT molecular complexity index is 492. The monoisotopic (exact) mass is 195 g/mol. The van der Waals surface area contributed by atoms with E-state index in [2.05, 4.69) is 29.8 Å². The summed E-state index contributed by atoms with van der Waals surface area (Å²) < 4.78 is 0. The summed E-state index contributed by atoms with van der Waals surface area (Å²) in [5.41, 5.74) is 1.02. The van der Waals surface area contributed by atoms with Gasteiger partial charge >= 0.3 is 0 Å². The molecule has 0 spiro atoms. The van der Waals surface area contributed by atoms with Crippen LogP contribution in [0.3, 0.4) is 0 Å². The summed E-state index contributed by atoms with van der Waals surface area (Å²) in [5.74, 6) is 0. The topological polar surface area (TPSA) is 12.4 Å². The minimum absolute atomic E-state index is 0.809. The Kier molecular flexibility index (Phi) is 2.93. The molecular weight excluding hydrogens is 182 g/mol. The highest BCUT2D eigenvalue weighted by atomic mass is 14.7. The molecule has 0 atom stereocenters. The van der Waals surface area contributed by atoms with Crippen molar-refractivity contribution < 1.29 is 0 Å². The van der Waals surface area contributed by atoms with E-state index in [1.807, 2.05) is 36.6 Å². The third kappa shape index (κ3) is 2.13. The van der Waals surface area contributed by atoms with Gasteiger partial charge in [-0.25, -0.2) is 0 Å². The van der Waals surface area contributed by atoms with Crippen molar-refractivity contribution in [3.63, 3.8) is 0 Å². The first kappa shape index (κ1) is 9.66. The molecule has 0 N–H and O–H groups in total. The number of allylic oxidation sites excluding steroid dienone is 1. The molecule has 2 aromatic rings. The van der Waals surface area contributed by atoms with E-state index in [1.54, 1.807) is 0 Å². The largest absolute Gasteiger partial charge is 0.260 e. The number of aliphatic imine (C=N–C) groups is 1. The van der Waals surface area contributed by atoms with E-state index in [9.17, 15) is 0 Å². The first-order valence-electron chi connectivity index (χ1n) is 5.03. The van der Waals surface area contributed by atoms with Crippen molar-refractivity contribution in [1.82, 2.24) is 0 Å². The quantitative estimate of drug-likeness (QED) is 0.516. The second-order valence-corrected chi connectivity index (χ2v) is 3.33. The van der Waals surface area contributed by atoms with Crippen molar-refractivity contribution in [3.05, 3.63) is 55.1 Å². The second-order valence-electron chi connectivity index (χ2n) is 3.33. The predicted octanol–water partition coefficient (Wildman–Crippen LogP) is 4.12. The van der Waals surface area contributed by atoms with Crippen LogP contribution < -0.4 is 0 Å². The van der Waals surface area contributed by atoms with Crippen molar-refractivity contribution in [2.24, 2.45) is 4.99 Å². The fraction of sp³-hybridized carbons (Fsp3) is 0.0714. The van der Waals surface area contributed by atoms with Gasteiger partial charge in [0.05, 0.1) is 5.69 Å². The maximum atomic E-state index is 4.43. The lowest BCUT2D eigenvalue weighted by Crippen LogP contribution is -1.74. The number of hydrogen-bond acceptors (Lipinski definition) is 1. The third-order valence-electron chi connectivity index (χ3n) is 2.27. The zero-order chi connectivity index (χ0) is 10.5. The third-order valence-corrected chi connectivity index (χ3v) is 2.27. The molecule has 0 unspecified atom stereocenters. The van der Waals surface area contributed by atoms with Gasteiger partial charge in [0.2, 0.25) is 0 Å². The maximum absolute atomic E-state index is 4.43. The molecule has 74 valence electrons. The zero-order valence-electron chi connectivity index (χ0n) is 8.56. The van der Waals surface area contributed by atoms with E-state index in [4.69, 9.17) is 0 Å². The SMILES string of the molecule is C=CCC=Nc1cccc2ccccc12. The van der Waals surface area contributed by atoms with Crippen molar-refractivity contribution in [2.75, 3.05) is 0 Å². The van der Waals surface area contributed by atoms with Crippen LogP contribution in [0.2, 0.25) is 0 Å². The first-order chi connectivity index (χ1) is 7.42. The number of nitrogens with zero attached hydrogens (tertiary/aromatic N) is 1. The highest BCUT2D eigenvalue weighted by Gasteiger charge is 1.96. The van der Waals surface area contributed by atoms with E-state index >= 15 is 0 Å². The van der Waals surface area contributed by atoms with Gasteiger partial charge in [-0.15, -0.1) is 6.58 Å². The molecule has 0 amide bonds. The van der Waals surface area contributed by atoms with E-state index < -0.39 is 0 Å². The Morgan fingerprint density at radius 1 is 1.07 bits per heavy atom. The molecule has 0 heterocycles. The number of benzene rings is 2. The van der Waals surface area contributed by atoms with E-state index in [-0.39, 0.29) is 0 Å². The lowest BCUT2D eigenvalue weighted by Gasteiger charge is -2.00. The zero-order valence-corrected chi connectivity index (χ0v) is 8.56. The molecule has 1 heteroatoms. The van der Waals surface area contributed by atoms with Crippen LogP contribution in [-0.2, 0) is 0 Å². The molecule has 0 aliphatic rings. The molecule has 0 aliphatic heterocycles. The van der Waals surface area contributed by atoms with Crippen molar-refractivity contribution in [3.8, 4) is 0 Å². The Hall–Kier alpha value is -1.89. The van der Waals surface area contributed by atoms with Gasteiger partial charge in [-0.2, -0.15) is 0 Å². The van der Waals surface area contributed by atoms with Crippen LogP contribution in [0, 0.1) is 0 Å². The summed E-state index contributed by atoms with van der Waals surface area (Å²) >= 11 is 0.